The average Bonchev–Trinajstić information content (AvgIpc) is 2.48. The molecule has 1 saturated heterocycles. The van der Waals surface area contributed by atoms with Crippen LogP contribution in [0, 0.1) is 0 Å². The van der Waals surface area contributed by atoms with Gasteiger partial charge in [0.1, 0.15) is 3.41 Å². The van der Waals surface area contributed by atoms with Crippen LogP contribution in [0.15, 0.2) is 0 Å². The Bertz CT molecular complexity index is 128. The fraction of sp³-hybridized carbons (Fsp3) is 1.00. The second-order valence-corrected chi connectivity index (χ2v) is 8.92. The highest BCUT2D eigenvalue weighted by Crippen LogP contribution is 2.53. The predicted molar refractivity (Wildman–Crippen MR) is 72.4 cm³/mol. The smallest absolute Gasteiger partial charge is 0.104 e. The molecule has 0 aromatic rings. The Morgan fingerprint density at radius 3 is 2.25 bits per heavy atom. The van der Waals surface area contributed by atoms with Crippen molar-refractivity contribution >= 4 is 60.5 Å². The van der Waals surface area contributed by atoms with Gasteiger partial charge in [0, 0.05) is 28.3 Å². The van der Waals surface area contributed by atoms with Gasteiger partial charge in [0.2, 0.25) is 0 Å². The third kappa shape index (κ3) is 3.48. The minimum atomic E-state index is 0.371. The molecule has 0 spiro atoms. The third-order valence-electron chi connectivity index (χ3n) is 1.60. The van der Waals surface area contributed by atoms with E-state index in [4.69, 9.17) is 0 Å². The molecule has 72 valence electrons. The van der Waals surface area contributed by atoms with Crippen LogP contribution < -0.4 is 0 Å². The SMILES string of the molecule is CC1(SC(CS)CS)SCCS1. The Balaban J connectivity index is 2.36. The number of hydrogen-bond acceptors (Lipinski definition) is 5. The van der Waals surface area contributed by atoms with Gasteiger partial charge in [-0.1, -0.05) is 0 Å². The van der Waals surface area contributed by atoms with Crippen molar-refractivity contribution < 1.29 is 0 Å². The zero-order valence-electron chi connectivity index (χ0n) is 7.02. The minimum Gasteiger partial charge on any atom is -0.178 e. The van der Waals surface area contributed by atoms with Crippen molar-refractivity contribution in [3.63, 3.8) is 0 Å². The molecule has 5 heteroatoms. The number of hydrogen-bond donors (Lipinski definition) is 2. The Morgan fingerprint density at radius 1 is 1.33 bits per heavy atom. The molecule has 0 saturated carbocycles. The van der Waals surface area contributed by atoms with E-state index in [-0.39, 0.29) is 0 Å². The average molecular weight is 259 g/mol. The molecule has 12 heavy (non-hydrogen) atoms. The standard InChI is InChI=1S/C7H14S5/c1-7(10-2-3-11-7)12-6(4-8)5-9/h6,8-9H,2-5H2,1H3. The van der Waals surface area contributed by atoms with Crippen LogP contribution in [0.3, 0.4) is 0 Å². The Hall–Kier alpha value is 1.75. The molecule has 0 aromatic carbocycles. The van der Waals surface area contributed by atoms with Gasteiger partial charge in [-0.25, -0.2) is 0 Å². The first-order valence-electron chi connectivity index (χ1n) is 3.87. The van der Waals surface area contributed by atoms with Crippen LogP contribution in [0.1, 0.15) is 6.92 Å². The topological polar surface area (TPSA) is 0 Å². The zero-order valence-corrected chi connectivity index (χ0v) is 11.3. The Labute approximate surface area is 98.6 Å². The van der Waals surface area contributed by atoms with Crippen molar-refractivity contribution in [3.05, 3.63) is 0 Å². The van der Waals surface area contributed by atoms with Gasteiger partial charge in [-0.05, 0) is 6.92 Å². The molecule has 1 rings (SSSR count). The van der Waals surface area contributed by atoms with Gasteiger partial charge in [0.05, 0.1) is 0 Å². The van der Waals surface area contributed by atoms with Crippen LogP contribution in [-0.4, -0.2) is 31.7 Å². The quantitative estimate of drug-likeness (QED) is 0.744. The molecule has 0 aliphatic carbocycles. The van der Waals surface area contributed by atoms with Crippen molar-refractivity contribution in [2.24, 2.45) is 0 Å². The summed E-state index contributed by atoms with van der Waals surface area (Å²) >= 11 is 14.8. The molecular weight excluding hydrogens is 244 g/mol. The van der Waals surface area contributed by atoms with E-state index < -0.39 is 0 Å². The summed E-state index contributed by atoms with van der Waals surface area (Å²) in [6.07, 6.45) is 0. The Morgan fingerprint density at radius 2 is 1.83 bits per heavy atom. The van der Waals surface area contributed by atoms with Crippen molar-refractivity contribution in [3.8, 4) is 0 Å². The van der Waals surface area contributed by atoms with E-state index in [0.717, 1.165) is 11.5 Å². The van der Waals surface area contributed by atoms with Gasteiger partial charge < -0.3 is 0 Å². The van der Waals surface area contributed by atoms with E-state index >= 15 is 0 Å². The lowest BCUT2D eigenvalue weighted by molar-refractivity contribution is 1.14. The minimum absolute atomic E-state index is 0.371. The Kier molecular flexibility index (Phi) is 5.50. The molecule has 0 N–H and O–H groups in total. The highest BCUT2D eigenvalue weighted by atomic mass is 32.3. The fourth-order valence-electron chi connectivity index (χ4n) is 0.999. The van der Waals surface area contributed by atoms with Gasteiger partial charge in [0.25, 0.3) is 0 Å². The van der Waals surface area contributed by atoms with Crippen molar-refractivity contribution in [1.29, 1.82) is 0 Å². The third-order valence-corrected chi connectivity index (χ3v) is 8.19. The first-order chi connectivity index (χ1) is 5.70. The van der Waals surface area contributed by atoms with Crippen LogP contribution in [0.5, 0.6) is 0 Å². The van der Waals surface area contributed by atoms with Crippen LogP contribution in [0.4, 0.5) is 0 Å². The normalized spacial score (nSPS) is 22.0. The largest absolute Gasteiger partial charge is 0.178 e. The summed E-state index contributed by atoms with van der Waals surface area (Å²) in [6, 6.07) is 0. The predicted octanol–water partition coefficient (Wildman–Crippen LogP) is 3.10. The van der Waals surface area contributed by atoms with E-state index in [2.05, 4.69) is 55.7 Å². The van der Waals surface area contributed by atoms with E-state index in [1.54, 1.807) is 0 Å². The zero-order chi connectivity index (χ0) is 9.03. The molecule has 1 aliphatic rings. The van der Waals surface area contributed by atoms with Crippen molar-refractivity contribution in [1.82, 2.24) is 0 Å². The first kappa shape index (κ1) is 11.8. The maximum absolute atomic E-state index is 4.32. The summed E-state index contributed by atoms with van der Waals surface area (Å²) in [5, 5.41) is 0.597. The van der Waals surface area contributed by atoms with Crippen LogP contribution in [0.25, 0.3) is 0 Å². The number of thioether (sulfide) groups is 3. The lowest BCUT2D eigenvalue weighted by Gasteiger charge is -2.25. The highest BCUT2D eigenvalue weighted by Gasteiger charge is 2.32. The van der Waals surface area contributed by atoms with Crippen LogP contribution in [-0.2, 0) is 0 Å². The second-order valence-electron chi connectivity index (χ2n) is 2.66. The molecule has 0 bridgehead atoms. The molecule has 0 nitrogen and oxygen atoms in total. The molecule has 1 fully saturated rings. The number of rotatable bonds is 4. The summed E-state index contributed by atoms with van der Waals surface area (Å²) < 4.78 is 0.371. The molecule has 1 heterocycles. The van der Waals surface area contributed by atoms with E-state index in [1.807, 2.05) is 11.8 Å². The van der Waals surface area contributed by atoms with E-state index in [0.29, 0.717) is 8.66 Å². The first-order valence-corrected chi connectivity index (χ1v) is 7.99. The van der Waals surface area contributed by atoms with Gasteiger partial charge >= 0.3 is 0 Å². The van der Waals surface area contributed by atoms with Gasteiger partial charge in [-0.3, -0.25) is 0 Å². The maximum atomic E-state index is 4.32. The molecule has 0 radical (unpaired) electrons. The van der Waals surface area contributed by atoms with Gasteiger partial charge in [-0.15, -0.1) is 35.3 Å². The fourth-order valence-corrected chi connectivity index (χ4v) is 6.76. The van der Waals surface area contributed by atoms with E-state index in [9.17, 15) is 0 Å². The van der Waals surface area contributed by atoms with Gasteiger partial charge in [0.15, 0.2) is 0 Å². The monoisotopic (exact) mass is 258 g/mol. The van der Waals surface area contributed by atoms with Gasteiger partial charge in [-0.2, -0.15) is 25.3 Å². The molecule has 1 aliphatic heterocycles. The summed E-state index contributed by atoms with van der Waals surface area (Å²) in [4.78, 5) is 0. The van der Waals surface area contributed by atoms with Crippen molar-refractivity contribution in [2.45, 2.75) is 15.6 Å². The van der Waals surface area contributed by atoms with Crippen LogP contribution in [0.2, 0.25) is 0 Å². The second kappa shape index (κ2) is 5.59. The summed E-state index contributed by atoms with van der Waals surface area (Å²) in [5.41, 5.74) is 0. The maximum Gasteiger partial charge on any atom is 0.104 e. The van der Waals surface area contributed by atoms with Crippen molar-refractivity contribution in [2.75, 3.05) is 23.0 Å². The molecule has 0 atom stereocenters. The molecule has 0 aromatic heterocycles. The number of thiol groups is 2. The summed E-state index contributed by atoms with van der Waals surface area (Å²) in [7, 11) is 0. The van der Waals surface area contributed by atoms with Crippen LogP contribution >= 0.6 is 60.5 Å². The molecular formula is C7H14S5. The lowest BCUT2D eigenvalue weighted by atomic mass is 10.5. The highest BCUT2D eigenvalue weighted by molar-refractivity contribution is 8.35. The lowest BCUT2D eigenvalue weighted by Crippen LogP contribution is -2.16. The molecule has 0 amide bonds. The molecule has 0 unspecified atom stereocenters. The summed E-state index contributed by atoms with van der Waals surface area (Å²) in [5.74, 6) is 4.45. The summed E-state index contributed by atoms with van der Waals surface area (Å²) in [6.45, 7) is 2.32. The van der Waals surface area contributed by atoms with E-state index in [1.165, 1.54) is 11.5 Å².